The van der Waals surface area contributed by atoms with E-state index in [9.17, 15) is 4.39 Å². The lowest BCUT2D eigenvalue weighted by Gasteiger charge is -2.13. The molecule has 0 fully saturated rings. The minimum Gasteiger partial charge on any atom is -0.360 e. The number of hydrogen-bond acceptors (Lipinski definition) is 3. The molecule has 2 heterocycles. The Hall–Kier alpha value is -2.10. The summed E-state index contributed by atoms with van der Waals surface area (Å²) in [4.78, 5) is 4.01. The van der Waals surface area contributed by atoms with Gasteiger partial charge in [-0.25, -0.2) is 4.39 Å². The van der Waals surface area contributed by atoms with E-state index < -0.39 is 0 Å². The zero-order chi connectivity index (χ0) is 11.0. The van der Waals surface area contributed by atoms with Crippen molar-refractivity contribution in [3.63, 3.8) is 0 Å². The van der Waals surface area contributed by atoms with Crippen molar-refractivity contribution in [2.75, 3.05) is 10.6 Å². The smallest absolute Gasteiger partial charge is 0.130 e. The molecule has 3 rings (SSSR count). The van der Waals surface area contributed by atoms with Crippen molar-refractivity contribution in [3.05, 3.63) is 54.1 Å². The second-order valence-corrected chi connectivity index (χ2v) is 3.66. The third-order valence-electron chi connectivity index (χ3n) is 2.64. The lowest BCUT2D eigenvalue weighted by molar-refractivity contribution is 0.604. The molecule has 4 heteroatoms. The lowest BCUT2D eigenvalue weighted by Crippen LogP contribution is -2.13. The molecular formula is C12H10FN3. The van der Waals surface area contributed by atoms with Crippen LogP contribution in [-0.4, -0.2) is 4.98 Å². The minimum atomic E-state index is -0.222. The van der Waals surface area contributed by atoms with E-state index in [2.05, 4.69) is 15.6 Å². The monoisotopic (exact) mass is 215 g/mol. The summed E-state index contributed by atoms with van der Waals surface area (Å²) in [5.41, 5.74) is 2.46. The topological polar surface area (TPSA) is 37.0 Å². The van der Waals surface area contributed by atoms with E-state index in [1.54, 1.807) is 24.5 Å². The Morgan fingerprint density at radius 2 is 1.88 bits per heavy atom. The van der Waals surface area contributed by atoms with Crippen LogP contribution in [-0.2, 0) is 0 Å². The Morgan fingerprint density at radius 3 is 2.69 bits per heavy atom. The maximum atomic E-state index is 13.6. The summed E-state index contributed by atoms with van der Waals surface area (Å²) in [6.07, 6.45) is 3.21. The molecule has 1 atom stereocenters. The molecule has 2 aromatic rings. The molecule has 0 saturated carbocycles. The zero-order valence-corrected chi connectivity index (χ0v) is 8.44. The molecule has 0 spiro atoms. The first-order valence-electron chi connectivity index (χ1n) is 5.06. The maximum Gasteiger partial charge on any atom is 0.130 e. The van der Waals surface area contributed by atoms with Crippen LogP contribution in [0, 0.1) is 5.82 Å². The molecule has 16 heavy (non-hydrogen) atoms. The normalized spacial score (nSPS) is 17.4. The van der Waals surface area contributed by atoms with E-state index in [1.165, 1.54) is 6.07 Å². The van der Waals surface area contributed by atoms with Crippen LogP contribution in [0.5, 0.6) is 0 Å². The number of nitrogens with zero attached hydrogens (tertiary/aromatic N) is 1. The van der Waals surface area contributed by atoms with Gasteiger partial charge in [-0.1, -0.05) is 18.2 Å². The largest absolute Gasteiger partial charge is 0.360 e. The molecule has 0 bridgehead atoms. The van der Waals surface area contributed by atoms with Crippen molar-refractivity contribution in [2.24, 2.45) is 0 Å². The Balaban J connectivity index is 1.95. The zero-order valence-electron chi connectivity index (χ0n) is 8.44. The fourth-order valence-corrected chi connectivity index (χ4v) is 1.85. The lowest BCUT2D eigenvalue weighted by atomic mass is 10.1. The molecule has 0 amide bonds. The van der Waals surface area contributed by atoms with Crippen molar-refractivity contribution in [3.8, 4) is 0 Å². The van der Waals surface area contributed by atoms with E-state index in [0.717, 1.165) is 11.4 Å². The number of hydrogen-bond donors (Lipinski definition) is 2. The standard InChI is InChI=1S/C12H10FN3/c13-9-4-2-1-3-8(9)12-15-10-5-6-14-7-11(10)16-12/h1-7,12,15-16H. The Bertz CT molecular complexity index is 502. The Kier molecular flexibility index (Phi) is 1.99. The molecule has 0 aliphatic carbocycles. The highest BCUT2D eigenvalue weighted by Crippen LogP contribution is 2.34. The first-order chi connectivity index (χ1) is 7.84. The van der Waals surface area contributed by atoms with Crippen molar-refractivity contribution in [1.82, 2.24) is 4.98 Å². The number of anilines is 2. The summed E-state index contributed by atoms with van der Waals surface area (Å²) < 4.78 is 13.6. The molecule has 1 aliphatic rings. The van der Waals surface area contributed by atoms with Crippen LogP contribution in [0.25, 0.3) is 0 Å². The fourth-order valence-electron chi connectivity index (χ4n) is 1.85. The van der Waals surface area contributed by atoms with E-state index in [-0.39, 0.29) is 12.0 Å². The number of halogens is 1. The predicted molar refractivity (Wildman–Crippen MR) is 60.6 cm³/mol. The van der Waals surface area contributed by atoms with Crippen LogP contribution in [0.2, 0.25) is 0 Å². The van der Waals surface area contributed by atoms with Gasteiger partial charge in [0.1, 0.15) is 12.0 Å². The summed E-state index contributed by atoms with van der Waals surface area (Å²) in [5, 5.41) is 6.38. The van der Waals surface area contributed by atoms with Gasteiger partial charge in [0.05, 0.1) is 17.6 Å². The van der Waals surface area contributed by atoms with Crippen LogP contribution >= 0.6 is 0 Å². The van der Waals surface area contributed by atoms with Crippen LogP contribution in [0.15, 0.2) is 42.7 Å². The number of rotatable bonds is 1. The number of pyridine rings is 1. The summed E-state index contributed by atoms with van der Waals surface area (Å²) in [7, 11) is 0. The molecule has 1 unspecified atom stereocenters. The third kappa shape index (κ3) is 1.39. The summed E-state index contributed by atoms with van der Waals surface area (Å²) in [6.45, 7) is 0. The van der Waals surface area contributed by atoms with Crippen LogP contribution in [0.3, 0.4) is 0 Å². The highest BCUT2D eigenvalue weighted by Gasteiger charge is 2.22. The highest BCUT2D eigenvalue weighted by molar-refractivity contribution is 5.73. The maximum absolute atomic E-state index is 13.6. The number of aromatic nitrogens is 1. The van der Waals surface area contributed by atoms with E-state index in [4.69, 9.17) is 0 Å². The Labute approximate surface area is 92.3 Å². The summed E-state index contributed by atoms with van der Waals surface area (Å²) in [6, 6.07) is 8.59. The molecule has 0 saturated heterocycles. The van der Waals surface area contributed by atoms with Gasteiger partial charge in [-0.05, 0) is 12.1 Å². The van der Waals surface area contributed by atoms with Gasteiger partial charge in [-0.3, -0.25) is 4.98 Å². The number of nitrogens with one attached hydrogen (secondary N) is 2. The van der Waals surface area contributed by atoms with Gasteiger partial charge < -0.3 is 10.6 Å². The van der Waals surface area contributed by atoms with Gasteiger partial charge in [0, 0.05) is 11.8 Å². The van der Waals surface area contributed by atoms with Crippen molar-refractivity contribution < 1.29 is 4.39 Å². The molecule has 2 N–H and O–H groups in total. The third-order valence-corrected chi connectivity index (χ3v) is 2.64. The van der Waals surface area contributed by atoms with Gasteiger partial charge in [0.15, 0.2) is 0 Å². The fraction of sp³-hybridized carbons (Fsp3) is 0.0833. The first-order valence-corrected chi connectivity index (χ1v) is 5.06. The van der Waals surface area contributed by atoms with Crippen LogP contribution < -0.4 is 10.6 Å². The quantitative estimate of drug-likeness (QED) is 0.768. The number of benzene rings is 1. The van der Waals surface area contributed by atoms with Gasteiger partial charge in [0.25, 0.3) is 0 Å². The Morgan fingerprint density at radius 1 is 1.06 bits per heavy atom. The molecule has 1 aromatic carbocycles. The van der Waals surface area contributed by atoms with Gasteiger partial charge >= 0.3 is 0 Å². The van der Waals surface area contributed by atoms with E-state index >= 15 is 0 Å². The second kappa shape index (κ2) is 3.48. The van der Waals surface area contributed by atoms with Crippen molar-refractivity contribution in [2.45, 2.75) is 6.17 Å². The van der Waals surface area contributed by atoms with Gasteiger partial charge in [-0.15, -0.1) is 0 Å². The average Bonchev–Trinajstić information content (AvgIpc) is 2.73. The van der Waals surface area contributed by atoms with E-state index in [0.29, 0.717) is 5.56 Å². The SMILES string of the molecule is Fc1ccccc1C1Nc2ccncc2N1. The molecular weight excluding hydrogens is 205 g/mol. The first kappa shape index (κ1) is 9.15. The molecule has 1 aromatic heterocycles. The molecule has 0 radical (unpaired) electrons. The van der Waals surface area contributed by atoms with Crippen molar-refractivity contribution in [1.29, 1.82) is 0 Å². The summed E-state index contributed by atoms with van der Waals surface area (Å²) in [5.74, 6) is -0.215. The predicted octanol–water partition coefficient (Wildman–Crippen LogP) is 2.76. The second-order valence-electron chi connectivity index (χ2n) is 3.66. The summed E-state index contributed by atoms with van der Waals surface area (Å²) >= 11 is 0. The molecule has 3 nitrogen and oxygen atoms in total. The minimum absolute atomic E-state index is 0.215. The van der Waals surface area contributed by atoms with E-state index in [1.807, 2.05) is 12.1 Å². The van der Waals surface area contributed by atoms with Crippen molar-refractivity contribution >= 4 is 11.4 Å². The number of fused-ring (bicyclic) bond motifs is 1. The van der Waals surface area contributed by atoms with Gasteiger partial charge in [0.2, 0.25) is 0 Å². The van der Waals surface area contributed by atoms with Gasteiger partial charge in [-0.2, -0.15) is 0 Å². The van der Waals surface area contributed by atoms with Crippen LogP contribution in [0.4, 0.5) is 15.8 Å². The highest BCUT2D eigenvalue weighted by atomic mass is 19.1. The van der Waals surface area contributed by atoms with Crippen LogP contribution in [0.1, 0.15) is 11.7 Å². The average molecular weight is 215 g/mol. The molecule has 80 valence electrons. The molecule has 1 aliphatic heterocycles.